The van der Waals surface area contributed by atoms with E-state index in [-0.39, 0.29) is 42.2 Å². The van der Waals surface area contributed by atoms with Crippen LogP contribution in [0.2, 0.25) is 0 Å². The molecule has 6 nitrogen and oxygen atoms in total. The topological polar surface area (TPSA) is 77.0 Å². The van der Waals surface area contributed by atoms with E-state index in [0.29, 0.717) is 5.69 Å². The number of halogens is 1. The van der Waals surface area contributed by atoms with E-state index >= 15 is 0 Å². The van der Waals surface area contributed by atoms with Crippen molar-refractivity contribution in [1.82, 2.24) is 10.2 Å². The molecule has 0 aromatic heterocycles. The molecular formula is C20H25IN4O2. The third-order valence-electron chi connectivity index (χ3n) is 4.29. The van der Waals surface area contributed by atoms with Gasteiger partial charge in [-0.2, -0.15) is 0 Å². The Kier molecular flexibility index (Phi) is 7.90. The first-order chi connectivity index (χ1) is 12.7. The van der Waals surface area contributed by atoms with Gasteiger partial charge in [0.15, 0.2) is 5.96 Å². The maximum atomic E-state index is 12.2. The van der Waals surface area contributed by atoms with E-state index in [4.69, 9.17) is 0 Å². The first-order valence-electron chi connectivity index (χ1n) is 8.84. The summed E-state index contributed by atoms with van der Waals surface area (Å²) in [6.07, 6.45) is 0.973. The Morgan fingerprint density at radius 3 is 2.56 bits per heavy atom. The van der Waals surface area contributed by atoms with Gasteiger partial charge >= 0.3 is 0 Å². The second-order valence-electron chi connectivity index (χ2n) is 6.21. The highest BCUT2D eigenvalue weighted by atomic mass is 127. The molecule has 144 valence electrons. The standard InChI is InChI=1S/C20H24N4O2.HI/c1-2-21-20(24-12-11-15-5-3-4-6-16(15)14-24)22-13-19(26)23-17-7-9-18(25)10-8-17;/h3-10,25H,2,11-14H2,1H3,(H,21,22)(H,23,26);1H. The fourth-order valence-corrected chi connectivity index (χ4v) is 2.99. The van der Waals surface area contributed by atoms with Gasteiger partial charge in [-0.25, -0.2) is 4.99 Å². The van der Waals surface area contributed by atoms with E-state index in [0.717, 1.165) is 32.0 Å². The van der Waals surface area contributed by atoms with Crippen LogP contribution in [0.5, 0.6) is 5.75 Å². The number of hydrogen-bond acceptors (Lipinski definition) is 3. The summed E-state index contributed by atoms with van der Waals surface area (Å²) in [6.45, 7) is 4.48. The molecule has 7 heteroatoms. The van der Waals surface area contributed by atoms with Crippen LogP contribution in [0.15, 0.2) is 53.5 Å². The van der Waals surface area contributed by atoms with E-state index in [2.05, 4.69) is 44.8 Å². The van der Waals surface area contributed by atoms with Crippen molar-refractivity contribution in [2.24, 2.45) is 4.99 Å². The summed E-state index contributed by atoms with van der Waals surface area (Å²) < 4.78 is 0. The van der Waals surface area contributed by atoms with Crippen molar-refractivity contribution in [2.75, 3.05) is 25.0 Å². The van der Waals surface area contributed by atoms with E-state index in [9.17, 15) is 9.90 Å². The molecule has 3 rings (SSSR count). The van der Waals surface area contributed by atoms with Gasteiger partial charge in [-0.15, -0.1) is 24.0 Å². The number of aliphatic imine (C=N–C) groups is 1. The summed E-state index contributed by atoms with van der Waals surface area (Å²) in [6, 6.07) is 14.8. The molecule has 1 amide bonds. The number of aromatic hydroxyl groups is 1. The molecule has 0 bridgehead atoms. The highest BCUT2D eigenvalue weighted by molar-refractivity contribution is 14.0. The normalized spacial score (nSPS) is 13.4. The monoisotopic (exact) mass is 480 g/mol. The second kappa shape index (κ2) is 10.1. The Hall–Kier alpha value is -2.29. The lowest BCUT2D eigenvalue weighted by atomic mass is 10.0. The summed E-state index contributed by atoms with van der Waals surface area (Å²) in [4.78, 5) is 18.8. The number of nitrogens with zero attached hydrogens (tertiary/aromatic N) is 2. The Morgan fingerprint density at radius 2 is 1.85 bits per heavy atom. The second-order valence-corrected chi connectivity index (χ2v) is 6.21. The first kappa shape index (κ1) is 21.0. The Balaban J connectivity index is 0.00000261. The average molecular weight is 480 g/mol. The zero-order chi connectivity index (χ0) is 18.4. The zero-order valence-electron chi connectivity index (χ0n) is 15.3. The third kappa shape index (κ3) is 5.85. The lowest BCUT2D eigenvalue weighted by Gasteiger charge is -2.31. The number of fused-ring (bicyclic) bond motifs is 1. The summed E-state index contributed by atoms with van der Waals surface area (Å²) in [5, 5.41) is 15.3. The zero-order valence-corrected chi connectivity index (χ0v) is 17.6. The van der Waals surface area contributed by atoms with E-state index in [1.165, 1.54) is 23.3 Å². The fraction of sp³-hybridized carbons (Fsp3) is 0.300. The molecule has 0 aliphatic carbocycles. The number of nitrogens with one attached hydrogen (secondary N) is 2. The van der Waals surface area contributed by atoms with Crippen molar-refractivity contribution in [3.63, 3.8) is 0 Å². The lowest BCUT2D eigenvalue weighted by molar-refractivity contribution is -0.114. The third-order valence-corrected chi connectivity index (χ3v) is 4.29. The molecule has 0 saturated carbocycles. The number of hydrogen-bond donors (Lipinski definition) is 3. The fourth-order valence-electron chi connectivity index (χ4n) is 2.99. The van der Waals surface area contributed by atoms with Crippen molar-refractivity contribution >= 4 is 41.5 Å². The quantitative estimate of drug-likeness (QED) is 0.272. The number of carbonyl (C=O) groups excluding carboxylic acids is 1. The molecular weight excluding hydrogens is 455 g/mol. The molecule has 0 fully saturated rings. The van der Waals surface area contributed by atoms with Gasteiger partial charge in [0.1, 0.15) is 12.3 Å². The molecule has 1 aliphatic rings. The summed E-state index contributed by atoms with van der Waals surface area (Å²) in [5.41, 5.74) is 3.32. The summed E-state index contributed by atoms with van der Waals surface area (Å²) in [5.74, 6) is 0.729. The summed E-state index contributed by atoms with van der Waals surface area (Å²) >= 11 is 0. The van der Waals surface area contributed by atoms with Crippen LogP contribution in [-0.4, -0.2) is 41.5 Å². The van der Waals surface area contributed by atoms with Crippen LogP contribution < -0.4 is 10.6 Å². The van der Waals surface area contributed by atoms with E-state index < -0.39 is 0 Å². The highest BCUT2D eigenvalue weighted by Crippen LogP contribution is 2.18. The Labute approximate surface area is 176 Å². The van der Waals surface area contributed by atoms with Crippen molar-refractivity contribution in [3.05, 3.63) is 59.7 Å². The first-order valence-corrected chi connectivity index (χ1v) is 8.84. The van der Waals surface area contributed by atoms with Crippen LogP contribution in [0.1, 0.15) is 18.1 Å². The smallest absolute Gasteiger partial charge is 0.246 e. The van der Waals surface area contributed by atoms with Crippen LogP contribution in [0, 0.1) is 0 Å². The number of phenols is 1. The van der Waals surface area contributed by atoms with Gasteiger partial charge in [-0.1, -0.05) is 24.3 Å². The average Bonchev–Trinajstić information content (AvgIpc) is 2.66. The summed E-state index contributed by atoms with van der Waals surface area (Å²) in [7, 11) is 0. The largest absolute Gasteiger partial charge is 0.508 e. The number of rotatable bonds is 4. The van der Waals surface area contributed by atoms with Gasteiger partial charge < -0.3 is 20.6 Å². The molecule has 0 saturated heterocycles. The molecule has 2 aromatic carbocycles. The molecule has 1 aliphatic heterocycles. The molecule has 0 spiro atoms. The maximum Gasteiger partial charge on any atom is 0.246 e. The number of carbonyl (C=O) groups is 1. The number of anilines is 1. The lowest BCUT2D eigenvalue weighted by Crippen LogP contribution is -2.44. The van der Waals surface area contributed by atoms with Crippen LogP contribution in [0.25, 0.3) is 0 Å². The predicted octanol–water partition coefficient (Wildman–Crippen LogP) is 2.97. The van der Waals surface area contributed by atoms with Crippen molar-refractivity contribution in [3.8, 4) is 5.75 Å². The number of guanidine groups is 1. The highest BCUT2D eigenvalue weighted by Gasteiger charge is 2.18. The minimum Gasteiger partial charge on any atom is -0.508 e. The van der Waals surface area contributed by atoms with Gasteiger partial charge in [0.25, 0.3) is 0 Å². The molecule has 0 atom stereocenters. The van der Waals surface area contributed by atoms with Gasteiger partial charge in [0, 0.05) is 25.3 Å². The van der Waals surface area contributed by atoms with E-state index in [1.54, 1.807) is 12.1 Å². The van der Waals surface area contributed by atoms with Gasteiger partial charge in [0.05, 0.1) is 0 Å². The minimum atomic E-state index is -0.191. The van der Waals surface area contributed by atoms with Crippen LogP contribution >= 0.6 is 24.0 Å². The molecule has 0 radical (unpaired) electrons. The Morgan fingerprint density at radius 1 is 1.15 bits per heavy atom. The van der Waals surface area contributed by atoms with Crippen LogP contribution in [0.4, 0.5) is 5.69 Å². The minimum absolute atomic E-state index is 0. The van der Waals surface area contributed by atoms with Crippen molar-refractivity contribution < 1.29 is 9.90 Å². The molecule has 3 N–H and O–H groups in total. The number of amides is 1. The molecule has 2 aromatic rings. The Bertz CT molecular complexity index is 793. The number of benzene rings is 2. The van der Waals surface area contributed by atoms with Crippen LogP contribution in [0.3, 0.4) is 0 Å². The van der Waals surface area contributed by atoms with E-state index in [1.807, 2.05) is 6.92 Å². The maximum absolute atomic E-state index is 12.2. The molecule has 1 heterocycles. The molecule has 0 unspecified atom stereocenters. The van der Waals surface area contributed by atoms with Crippen LogP contribution in [-0.2, 0) is 17.8 Å². The van der Waals surface area contributed by atoms with Crippen molar-refractivity contribution in [1.29, 1.82) is 0 Å². The SMILES string of the molecule is CCNC(=NCC(=O)Nc1ccc(O)cc1)N1CCc2ccccc2C1.I. The predicted molar refractivity (Wildman–Crippen MR) is 119 cm³/mol. The number of phenolic OH excluding ortho intramolecular Hbond substituents is 1. The van der Waals surface area contributed by atoms with Gasteiger partial charge in [-0.05, 0) is 48.7 Å². The van der Waals surface area contributed by atoms with Crippen molar-refractivity contribution in [2.45, 2.75) is 19.9 Å². The molecule has 27 heavy (non-hydrogen) atoms. The van der Waals surface area contributed by atoms with Gasteiger partial charge in [-0.3, -0.25) is 4.79 Å². The van der Waals surface area contributed by atoms with Gasteiger partial charge in [0.2, 0.25) is 5.91 Å².